The zero-order valence-corrected chi connectivity index (χ0v) is 12.4. The Balaban J connectivity index is 1.85. The third kappa shape index (κ3) is 3.15. The maximum atomic E-state index is 10.8. The van der Waals surface area contributed by atoms with Crippen LogP contribution in [0.15, 0.2) is 0 Å². The summed E-state index contributed by atoms with van der Waals surface area (Å²) in [5.41, 5.74) is -0.596. The van der Waals surface area contributed by atoms with Crippen molar-refractivity contribution in [3.63, 3.8) is 0 Å². The van der Waals surface area contributed by atoms with E-state index in [2.05, 4.69) is 6.92 Å². The molecule has 2 fully saturated rings. The number of aliphatic hydroxyl groups excluding tert-OH is 1. The lowest BCUT2D eigenvalue weighted by Gasteiger charge is -2.44. The fourth-order valence-corrected chi connectivity index (χ4v) is 3.32. The number of aliphatic carboxylic acids is 1. The largest absolute Gasteiger partial charge is 0.481 e. The number of aliphatic hydroxyl groups is 1. The lowest BCUT2D eigenvalue weighted by atomic mass is 9.89. The summed E-state index contributed by atoms with van der Waals surface area (Å²) in [5, 5.41) is 18.0. The highest BCUT2D eigenvalue weighted by Gasteiger charge is 2.53. The van der Waals surface area contributed by atoms with Crippen molar-refractivity contribution in [1.29, 1.82) is 0 Å². The van der Waals surface area contributed by atoms with E-state index in [9.17, 15) is 4.79 Å². The quantitative estimate of drug-likeness (QED) is 0.748. The van der Waals surface area contributed by atoms with Gasteiger partial charge in [0, 0.05) is 13.0 Å². The first-order valence-electron chi connectivity index (χ1n) is 7.56. The molecule has 2 aliphatic heterocycles. The maximum Gasteiger partial charge on any atom is 0.306 e. The molecule has 2 heterocycles. The van der Waals surface area contributed by atoms with Gasteiger partial charge in [-0.05, 0) is 39.0 Å². The first kappa shape index (κ1) is 15.7. The second-order valence-corrected chi connectivity index (χ2v) is 6.53. The van der Waals surface area contributed by atoms with E-state index in [1.54, 1.807) is 6.92 Å². The number of ether oxygens (including phenoxy) is 2. The lowest BCUT2D eigenvalue weighted by molar-refractivity contribution is -0.243. The van der Waals surface area contributed by atoms with Gasteiger partial charge in [0.05, 0.1) is 29.8 Å². The molecule has 4 unspecified atom stereocenters. The summed E-state index contributed by atoms with van der Waals surface area (Å²) in [5.74, 6) is -1.04. The minimum atomic E-state index is -0.737. The summed E-state index contributed by atoms with van der Waals surface area (Å²) in [6.45, 7) is 4.47. The van der Waals surface area contributed by atoms with Crippen LogP contribution in [0, 0.1) is 5.92 Å². The fraction of sp³-hybridized carbons (Fsp3) is 0.933. The van der Waals surface area contributed by atoms with Crippen LogP contribution in [0.4, 0.5) is 0 Å². The van der Waals surface area contributed by atoms with E-state index in [0.29, 0.717) is 19.4 Å². The minimum absolute atomic E-state index is 0.0722. The van der Waals surface area contributed by atoms with Gasteiger partial charge in [-0.25, -0.2) is 0 Å². The van der Waals surface area contributed by atoms with Gasteiger partial charge in [0.2, 0.25) is 0 Å². The zero-order chi connectivity index (χ0) is 14.8. The van der Waals surface area contributed by atoms with Crippen LogP contribution in [0.2, 0.25) is 0 Å². The van der Waals surface area contributed by atoms with Gasteiger partial charge < -0.3 is 19.7 Å². The highest BCUT2D eigenvalue weighted by atomic mass is 16.6. The van der Waals surface area contributed by atoms with Gasteiger partial charge in [-0.3, -0.25) is 4.79 Å². The summed E-state index contributed by atoms with van der Waals surface area (Å²) >= 11 is 0. The summed E-state index contributed by atoms with van der Waals surface area (Å²) in [7, 11) is 0. The number of carboxylic acids is 1. The molecule has 2 rings (SSSR count). The first-order valence-corrected chi connectivity index (χ1v) is 7.56. The molecule has 0 aromatic rings. The van der Waals surface area contributed by atoms with Crippen molar-refractivity contribution < 1.29 is 24.5 Å². The molecule has 0 aromatic heterocycles. The van der Waals surface area contributed by atoms with E-state index in [1.807, 2.05) is 0 Å². The average molecular weight is 286 g/mol. The third-order valence-corrected chi connectivity index (χ3v) is 4.90. The number of fused-ring (bicyclic) bond motifs is 2. The molecule has 2 saturated heterocycles. The van der Waals surface area contributed by atoms with E-state index in [0.717, 1.165) is 25.7 Å². The van der Waals surface area contributed by atoms with Crippen LogP contribution in [0.3, 0.4) is 0 Å². The molecule has 0 aliphatic carbocycles. The summed E-state index contributed by atoms with van der Waals surface area (Å²) in [6.07, 6.45) is 4.94. The Kier molecular flexibility index (Phi) is 4.72. The zero-order valence-electron chi connectivity index (χ0n) is 12.4. The molecule has 2 N–H and O–H groups in total. The van der Waals surface area contributed by atoms with Crippen LogP contribution >= 0.6 is 0 Å². The summed E-state index contributed by atoms with van der Waals surface area (Å²) in [6, 6.07) is 0. The normalized spacial score (nSPS) is 37.9. The van der Waals surface area contributed by atoms with Gasteiger partial charge >= 0.3 is 5.97 Å². The van der Waals surface area contributed by atoms with Crippen molar-refractivity contribution >= 4 is 5.97 Å². The number of carbonyl (C=O) groups is 1. The van der Waals surface area contributed by atoms with Crippen LogP contribution in [0.1, 0.15) is 52.4 Å². The van der Waals surface area contributed by atoms with E-state index in [-0.39, 0.29) is 29.8 Å². The van der Waals surface area contributed by atoms with E-state index in [4.69, 9.17) is 19.7 Å². The second kappa shape index (κ2) is 6.00. The molecule has 20 heavy (non-hydrogen) atoms. The number of carboxylic acid groups (broad SMARTS) is 1. The van der Waals surface area contributed by atoms with Crippen LogP contribution in [0.25, 0.3) is 0 Å². The fourth-order valence-electron chi connectivity index (χ4n) is 3.32. The first-order chi connectivity index (χ1) is 9.41. The summed E-state index contributed by atoms with van der Waals surface area (Å²) < 4.78 is 12.2. The van der Waals surface area contributed by atoms with E-state index in [1.165, 1.54) is 0 Å². The van der Waals surface area contributed by atoms with E-state index < -0.39 is 5.97 Å². The summed E-state index contributed by atoms with van der Waals surface area (Å²) in [4.78, 5) is 10.8. The molecule has 2 bridgehead atoms. The molecule has 4 atom stereocenters. The Labute approximate surface area is 120 Å². The standard InChI is InChI=1S/C15H26O5/c1-11(13(17)18)4-3-6-14(2)12-5-7-15(20-12,8-9-16)10-19-14/h11-12,16H,3-10H2,1-2H3,(H,17,18). The highest BCUT2D eigenvalue weighted by Crippen LogP contribution is 2.46. The Morgan fingerprint density at radius 1 is 1.45 bits per heavy atom. The Hall–Kier alpha value is -0.650. The van der Waals surface area contributed by atoms with Gasteiger partial charge in [0.1, 0.15) is 0 Å². The Morgan fingerprint density at radius 2 is 2.20 bits per heavy atom. The third-order valence-electron chi connectivity index (χ3n) is 4.90. The molecule has 2 aliphatic rings. The van der Waals surface area contributed by atoms with Crippen molar-refractivity contribution in [3.05, 3.63) is 0 Å². The number of hydrogen-bond acceptors (Lipinski definition) is 4. The van der Waals surface area contributed by atoms with Gasteiger partial charge in [-0.15, -0.1) is 0 Å². The Morgan fingerprint density at radius 3 is 2.85 bits per heavy atom. The second-order valence-electron chi connectivity index (χ2n) is 6.53. The molecule has 0 aromatic carbocycles. The predicted octanol–water partition coefficient (Wildman–Crippen LogP) is 1.97. The molecular formula is C15H26O5. The molecule has 0 saturated carbocycles. The van der Waals surface area contributed by atoms with Crippen molar-refractivity contribution in [2.24, 2.45) is 5.92 Å². The van der Waals surface area contributed by atoms with Crippen LogP contribution in [-0.2, 0) is 14.3 Å². The molecule has 116 valence electrons. The molecule has 0 radical (unpaired) electrons. The monoisotopic (exact) mass is 286 g/mol. The van der Waals surface area contributed by atoms with Crippen molar-refractivity contribution in [1.82, 2.24) is 0 Å². The van der Waals surface area contributed by atoms with Crippen molar-refractivity contribution in [3.8, 4) is 0 Å². The molecule has 0 amide bonds. The highest BCUT2D eigenvalue weighted by molar-refractivity contribution is 5.69. The van der Waals surface area contributed by atoms with E-state index >= 15 is 0 Å². The van der Waals surface area contributed by atoms with Crippen molar-refractivity contribution in [2.75, 3.05) is 13.2 Å². The molecule has 0 spiro atoms. The topological polar surface area (TPSA) is 76.0 Å². The lowest BCUT2D eigenvalue weighted by Crippen LogP contribution is -2.52. The van der Waals surface area contributed by atoms with Crippen LogP contribution in [0.5, 0.6) is 0 Å². The minimum Gasteiger partial charge on any atom is -0.481 e. The number of hydrogen-bond donors (Lipinski definition) is 2. The van der Waals surface area contributed by atoms with Crippen molar-refractivity contribution in [2.45, 2.75) is 69.7 Å². The average Bonchev–Trinajstić information content (AvgIpc) is 2.77. The van der Waals surface area contributed by atoms with Crippen LogP contribution < -0.4 is 0 Å². The molecule has 5 heteroatoms. The smallest absolute Gasteiger partial charge is 0.306 e. The SMILES string of the molecule is CC(CCCC1(C)OCC2(CCO)CCC1O2)C(=O)O. The molecular weight excluding hydrogens is 260 g/mol. The predicted molar refractivity (Wildman–Crippen MR) is 73.5 cm³/mol. The van der Waals surface area contributed by atoms with Gasteiger partial charge in [-0.2, -0.15) is 0 Å². The molecule has 5 nitrogen and oxygen atoms in total. The number of rotatable bonds is 7. The Bertz CT molecular complexity index is 358. The van der Waals surface area contributed by atoms with Gasteiger partial charge in [0.15, 0.2) is 0 Å². The van der Waals surface area contributed by atoms with Crippen LogP contribution in [-0.4, -0.2) is 46.7 Å². The van der Waals surface area contributed by atoms with Gasteiger partial charge in [-0.1, -0.05) is 6.92 Å². The maximum absolute atomic E-state index is 10.8. The van der Waals surface area contributed by atoms with Gasteiger partial charge in [0.25, 0.3) is 0 Å².